The molecule has 1 aliphatic rings. The van der Waals surface area contributed by atoms with Crippen LogP contribution in [0.2, 0.25) is 0 Å². The maximum atomic E-state index is 13.3. The van der Waals surface area contributed by atoms with Crippen molar-refractivity contribution in [2.75, 3.05) is 14.1 Å². The average Bonchev–Trinajstić information content (AvgIpc) is 3.04. The van der Waals surface area contributed by atoms with E-state index < -0.39 is 5.95 Å². The molecule has 0 bridgehead atoms. The Balaban J connectivity index is 2.23. The normalized spacial score (nSPS) is 14.7. The molecule has 0 saturated heterocycles. The fourth-order valence-corrected chi connectivity index (χ4v) is 1.25. The standard InChI is InChI=1S/C11H13FN2O2/c1-14(2)11(15)7-5-9(10(12)13-6-7)16-8-3-4-8/h5-6,8H,3-4H2,1-2H3. The van der Waals surface area contributed by atoms with Gasteiger partial charge < -0.3 is 9.64 Å². The fourth-order valence-electron chi connectivity index (χ4n) is 1.25. The van der Waals surface area contributed by atoms with Gasteiger partial charge in [-0.05, 0) is 18.9 Å². The largest absolute Gasteiger partial charge is 0.486 e. The van der Waals surface area contributed by atoms with E-state index in [-0.39, 0.29) is 17.8 Å². The summed E-state index contributed by atoms with van der Waals surface area (Å²) < 4.78 is 18.6. The van der Waals surface area contributed by atoms with Gasteiger partial charge in [0.1, 0.15) is 0 Å². The number of halogens is 1. The minimum absolute atomic E-state index is 0.0650. The highest BCUT2D eigenvalue weighted by atomic mass is 19.1. The van der Waals surface area contributed by atoms with E-state index in [0.29, 0.717) is 5.56 Å². The molecule has 0 aromatic carbocycles. The smallest absolute Gasteiger partial charge is 0.255 e. The van der Waals surface area contributed by atoms with E-state index in [1.165, 1.54) is 17.2 Å². The molecular weight excluding hydrogens is 211 g/mol. The fraction of sp³-hybridized carbons (Fsp3) is 0.455. The minimum atomic E-state index is -0.665. The van der Waals surface area contributed by atoms with Gasteiger partial charge in [-0.15, -0.1) is 0 Å². The molecule has 0 aliphatic heterocycles. The van der Waals surface area contributed by atoms with E-state index in [1.54, 1.807) is 14.1 Å². The highest BCUT2D eigenvalue weighted by Crippen LogP contribution is 2.28. The maximum absolute atomic E-state index is 13.3. The Morgan fingerprint density at radius 3 is 2.81 bits per heavy atom. The van der Waals surface area contributed by atoms with E-state index >= 15 is 0 Å². The van der Waals surface area contributed by atoms with Crippen LogP contribution in [0.4, 0.5) is 4.39 Å². The first kappa shape index (κ1) is 10.9. The van der Waals surface area contributed by atoms with Gasteiger partial charge in [-0.25, -0.2) is 4.98 Å². The molecule has 4 nitrogen and oxygen atoms in total. The Bertz CT molecular complexity index is 416. The summed E-state index contributed by atoms with van der Waals surface area (Å²) in [6, 6.07) is 1.41. The molecule has 0 spiro atoms. The van der Waals surface area contributed by atoms with E-state index in [1.807, 2.05) is 0 Å². The van der Waals surface area contributed by atoms with Crippen molar-refractivity contribution >= 4 is 5.91 Å². The summed E-state index contributed by atoms with van der Waals surface area (Å²) in [5.74, 6) is -0.814. The van der Waals surface area contributed by atoms with E-state index in [9.17, 15) is 9.18 Å². The Morgan fingerprint density at radius 1 is 1.56 bits per heavy atom. The van der Waals surface area contributed by atoms with Crippen LogP contribution < -0.4 is 4.74 Å². The zero-order valence-corrected chi connectivity index (χ0v) is 9.24. The van der Waals surface area contributed by atoms with Crippen LogP contribution in [0.15, 0.2) is 12.3 Å². The Labute approximate surface area is 93.0 Å². The van der Waals surface area contributed by atoms with Gasteiger partial charge in [0, 0.05) is 20.3 Å². The second-order valence-electron chi connectivity index (χ2n) is 4.03. The lowest BCUT2D eigenvalue weighted by atomic mass is 10.2. The number of amides is 1. The summed E-state index contributed by atoms with van der Waals surface area (Å²) in [6.07, 6.45) is 3.18. The topological polar surface area (TPSA) is 42.4 Å². The molecule has 0 N–H and O–H groups in total. The van der Waals surface area contributed by atoms with Gasteiger partial charge in [0.15, 0.2) is 5.75 Å². The van der Waals surface area contributed by atoms with E-state index in [4.69, 9.17) is 4.74 Å². The third-order valence-electron chi connectivity index (χ3n) is 2.28. The molecule has 1 heterocycles. The molecule has 2 rings (SSSR count). The van der Waals surface area contributed by atoms with Crippen LogP contribution in [0.1, 0.15) is 23.2 Å². The molecule has 1 saturated carbocycles. The molecule has 0 radical (unpaired) electrons. The molecule has 16 heavy (non-hydrogen) atoms. The first-order chi connectivity index (χ1) is 7.58. The number of hydrogen-bond acceptors (Lipinski definition) is 3. The van der Waals surface area contributed by atoms with Crippen molar-refractivity contribution in [2.45, 2.75) is 18.9 Å². The van der Waals surface area contributed by atoms with Gasteiger partial charge in [-0.3, -0.25) is 4.79 Å². The van der Waals surface area contributed by atoms with Crippen LogP contribution in [0, 0.1) is 5.95 Å². The molecule has 1 aromatic rings. The Morgan fingerprint density at radius 2 is 2.25 bits per heavy atom. The molecule has 0 atom stereocenters. The molecule has 0 unspecified atom stereocenters. The van der Waals surface area contributed by atoms with Gasteiger partial charge in [-0.2, -0.15) is 4.39 Å². The number of carbonyl (C=O) groups is 1. The molecule has 1 fully saturated rings. The second-order valence-corrected chi connectivity index (χ2v) is 4.03. The predicted octanol–water partition coefficient (Wildman–Crippen LogP) is 1.46. The third-order valence-corrected chi connectivity index (χ3v) is 2.28. The monoisotopic (exact) mass is 224 g/mol. The summed E-state index contributed by atoms with van der Waals surface area (Å²) in [4.78, 5) is 16.6. The second kappa shape index (κ2) is 4.08. The van der Waals surface area contributed by atoms with Crippen molar-refractivity contribution in [2.24, 2.45) is 0 Å². The summed E-state index contributed by atoms with van der Waals surface area (Å²) in [5, 5.41) is 0. The van der Waals surface area contributed by atoms with Crippen molar-refractivity contribution in [3.63, 3.8) is 0 Å². The van der Waals surface area contributed by atoms with Crippen LogP contribution in [0.3, 0.4) is 0 Å². The SMILES string of the molecule is CN(C)C(=O)c1cnc(F)c(OC2CC2)c1. The van der Waals surface area contributed by atoms with E-state index in [0.717, 1.165) is 12.8 Å². The van der Waals surface area contributed by atoms with Gasteiger partial charge in [0.05, 0.1) is 11.7 Å². The molecular formula is C11H13FN2O2. The first-order valence-electron chi connectivity index (χ1n) is 5.12. The van der Waals surface area contributed by atoms with Crippen LogP contribution in [0.5, 0.6) is 5.75 Å². The molecule has 86 valence electrons. The number of ether oxygens (including phenoxy) is 1. The highest BCUT2D eigenvalue weighted by molar-refractivity contribution is 5.93. The first-order valence-corrected chi connectivity index (χ1v) is 5.12. The number of nitrogens with zero attached hydrogens (tertiary/aromatic N) is 2. The van der Waals surface area contributed by atoms with Crippen molar-refractivity contribution < 1.29 is 13.9 Å². The Hall–Kier alpha value is -1.65. The van der Waals surface area contributed by atoms with Crippen molar-refractivity contribution in [1.29, 1.82) is 0 Å². The number of carbonyl (C=O) groups excluding carboxylic acids is 1. The quantitative estimate of drug-likeness (QED) is 0.730. The van der Waals surface area contributed by atoms with E-state index in [2.05, 4.69) is 4.98 Å². The Kier molecular flexibility index (Phi) is 2.77. The summed E-state index contributed by atoms with van der Waals surface area (Å²) >= 11 is 0. The van der Waals surface area contributed by atoms with Gasteiger partial charge in [0.25, 0.3) is 11.9 Å². The number of aromatic nitrogens is 1. The van der Waals surface area contributed by atoms with Crippen molar-refractivity contribution in [3.05, 3.63) is 23.8 Å². The lowest BCUT2D eigenvalue weighted by Crippen LogP contribution is -2.22. The lowest BCUT2D eigenvalue weighted by molar-refractivity contribution is 0.0826. The lowest BCUT2D eigenvalue weighted by Gasteiger charge is -2.11. The number of pyridine rings is 1. The third kappa shape index (κ3) is 2.29. The highest BCUT2D eigenvalue weighted by Gasteiger charge is 2.25. The van der Waals surface area contributed by atoms with Gasteiger partial charge in [0.2, 0.25) is 0 Å². The minimum Gasteiger partial charge on any atom is -0.486 e. The zero-order valence-electron chi connectivity index (χ0n) is 9.24. The molecule has 1 aromatic heterocycles. The zero-order chi connectivity index (χ0) is 11.7. The summed E-state index contributed by atoms with van der Waals surface area (Å²) in [6.45, 7) is 0. The summed E-state index contributed by atoms with van der Waals surface area (Å²) in [7, 11) is 3.26. The van der Waals surface area contributed by atoms with Crippen LogP contribution in [-0.2, 0) is 0 Å². The van der Waals surface area contributed by atoms with Crippen molar-refractivity contribution in [3.8, 4) is 5.75 Å². The van der Waals surface area contributed by atoms with Crippen molar-refractivity contribution in [1.82, 2.24) is 9.88 Å². The summed E-state index contributed by atoms with van der Waals surface area (Å²) in [5.41, 5.74) is 0.335. The van der Waals surface area contributed by atoms with Crippen LogP contribution >= 0.6 is 0 Å². The van der Waals surface area contributed by atoms with Crippen LogP contribution in [0.25, 0.3) is 0 Å². The average molecular weight is 224 g/mol. The molecule has 1 aliphatic carbocycles. The predicted molar refractivity (Wildman–Crippen MR) is 55.9 cm³/mol. The molecule has 5 heteroatoms. The molecule has 1 amide bonds. The van der Waals surface area contributed by atoms with Gasteiger partial charge >= 0.3 is 0 Å². The number of hydrogen-bond donors (Lipinski definition) is 0. The van der Waals surface area contributed by atoms with Crippen LogP contribution in [-0.4, -0.2) is 36.0 Å². The number of rotatable bonds is 3. The van der Waals surface area contributed by atoms with Gasteiger partial charge in [-0.1, -0.05) is 0 Å². The maximum Gasteiger partial charge on any atom is 0.255 e.